The summed E-state index contributed by atoms with van der Waals surface area (Å²) in [5.74, 6) is -1.01. The average molecular weight is 446 g/mol. The van der Waals surface area contributed by atoms with E-state index >= 15 is 0 Å². The van der Waals surface area contributed by atoms with Crippen molar-refractivity contribution in [3.63, 3.8) is 0 Å². The van der Waals surface area contributed by atoms with Crippen LogP contribution in [0.3, 0.4) is 0 Å². The van der Waals surface area contributed by atoms with Crippen molar-refractivity contribution in [2.45, 2.75) is 37.0 Å². The van der Waals surface area contributed by atoms with Crippen LogP contribution in [0, 0.1) is 11.7 Å². The van der Waals surface area contributed by atoms with Gasteiger partial charge in [0.1, 0.15) is 5.82 Å². The Balaban J connectivity index is 1.50. The fourth-order valence-electron chi connectivity index (χ4n) is 4.26. The molecule has 2 N–H and O–H groups in total. The minimum Gasteiger partial charge on any atom is -0.481 e. The number of ketones is 1. The van der Waals surface area contributed by atoms with Crippen molar-refractivity contribution in [2.75, 3.05) is 26.2 Å². The van der Waals surface area contributed by atoms with Gasteiger partial charge in [-0.05, 0) is 36.5 Å². The third-order valence-electron chi connectivity index (χ3n) is 6.09. The van der Waals surface area contributed by atoms with Gasteiger partial charge in [0.15, 0.2) is 5.78 Å². The minimum absolute atomic E-state index is 0.0373. The molecule has 166 valence electrons. The van der Waals surface area contributed by atoms with Gasteiger partial charge < -0.3 is 10.5 Å². The summed E-state index contributed by atoms with van der Waals surface area (Å²) in [7, 11) is 0. The van der Waals surface area contributed by atoms with Gasteiger partial charge in [0.2, 0.25) is 0 Å². The number of hydrogen-bond donors (Lipinski definition) is 3. The van der Waals surface area contributed by atoms with Crippen LogP contribution in [0.4, 0.5) is 4.39 Å². The highest BCUT2D eigenvalue weighted by molar-refractivity contribution is 7.81. The normalized spacial score (nSPS) is 24.6. The SMILES string of the molecule is O=C(O)CCN1CC(C=C2CN(C(C(=O)C3CC3)c3ccccc3F)CCC2S)=CN1. The van der Waals surface area contributed by atoms with Gasteiger partial charge in [-0.25, -0.2) is 9.40 Å². The van der Waals surface area contributed by atoms with Crippen molar-refractivity contribution >= 4 is 24.4 Å². The number of thiol groups is 1. The van der Waals surface area contributed by atoms with E-state index in [1.807, 2.05) is 11.2 Å². The topological polar surface area (TPSA) is 72.9 Å². The van der Waals surface area contributed by atoms with Gasteiger partial charge in [0.05, 0.1) is 12.5 Å². The molecular weight excluding hydrogens is 417 g/mol. The average Bonchev–Trinajstić information content (AvgIpc) is 3.50. The lowest BCUT2D eigenvalue weighted by Crippen LogP contribution is -2.42. The number of halogens is 1. The molecular formula is C23H28FN3O3S. The summed E-state index contributed by atoms with van der Waals surface area (Å²) in [6, 6.07) is 6.01. The number of hydrazine groups is 1. The highest BCUT2D eigenvalue weighted by atomic mass is 32.1. The van der Waals surface area contributed by atoms with Gasteiger partial charge in [0, 0.05) is 49.1 Å². The third kappa shape index (κ3) is 5.37. The molecule has 3 aliphatic rings. The first kappa shape index (κ1) is 22.0. The van der Waals surface area contributed by atoms with Crippen molar-refractivity contribution in [3.8, 4) is 0 Å². The second-order valence-electron chi connectivity index (χ2n) is 8.51. The maximum atomic E-state index is 14.6. The summed E-state index contributed by atoms with van der Waals surface area (Å²) in [5.41, 5.74) is 5.68. The highest BCUT2D eigenvalue weighted by Gasteiger charge is 2.40. The van der Waals surface area contributed by atoms with Crippen LogP contribution in [0.25, 0.3) is 0 Å². The number of carbonyl (C=O) groups excluding carboxylic acids is 1. The number of carbonyl (C=O) groups is 2. The molecule has 0 spiro atoms. The lowest BCUT2D eigenvalue weighted by atomic mass is 9.93. The number of nitrogens with zero attached hydrogens (tertiary/aromatic N) is 2. The molecule has 1 saturated heterocycles. The van der Waals surface area contributed by atoms with Crippen molar-refractivity contribution in [3.05, 3.63) is 59.1 Å². The number of piperidine rings is 1. The zero-order chi connectivity index (χ0) is 22.0. The summed E-state index contributed by atoms with van der Waals surface area (Å²) in [6.07, 6.45) is 6.58. The first-order chi connectivity index (χ1) is 14.9. The number of nitrogens with one attached hydrogen (secondary N) is 1. The standard InChI is InChI=1S/C23H28FN3O3S/c24-19-4-2-1-3-18(19)22(23(30)16-5-6-16)26-9-7-20(31)17(14-26)11-15-12-25-27(13-15)10-8-21(28)29/h1-4,11-12,16,20,22,25,31H,5-10,13-14H2,(H,28,29). The molecule has 4 rings (SSSR count). The second kappa shape index (κ2) is 9.54. The molecule has 1 aliphatic carbocycles. The fraction of sp³-hybridized carbons (Fsp3) is 0.478. The van der Waals surface area contributed by atoms with Gasteiger partial charge in [-0.3, -0.25) is 14.5 Å². The molecule has 2 atom stereocenters. The van der Waals surface area contributed by atoms with E-state index in [1.54, 1.807) is 18.2 Å². The molecule has 0 amide bonds. The number of rotatable bonds is 8. The molecule has 1 aromatic carbocycles. The highest BCUT2D eigenvalue weighted by Crippen LogP contribution is 2.39. The quantitative estimate of drug-likeness (QED) is 0.535. The first-order valence-corrected chi connectivity index (χ1v) is 11.3. The molecule has 2 unspecified atom stereocenters. The number of likely N-dealkylation sites (tertiary alicyclic amines) is 1. The Bertz CT molecular complexity index is 915. The van der Waals surface area contributed by atoms with Gasteiger partial charge in [-0.2, -0.15) is 12.6 Å². The Labute approximate surface area is 187 Å². The molecule has 2 aliphatic heterocycles. The maximum Gasteiger partial charge on any atom is 0.304 e. The van der Waals surface area contributed by atoms with Crippen LogP contribution in [0.1, 0.15) is 37.3 Å². The number of benzene rings is 1. The van der Waals surface area contributed by atoms with Gasteiger partial charge in [-0.15, -0.1) is 0 Å². The monoisotopic (exact) mass is 445 g/mol. The van der Waals surface area contributed by atoms with Crippen LogP contribution >= 0.6 is 12.6 Å². The van der Waals surface area contributed by atoms with Crippen LogP contribution < -0.4 is 5.43 Å². The number of aliphatic carboxylic acids is 1. The molecule has 31 heavy (non-hydrogen) atoms. The van der Waals surface area contributed by atoms with Crippen molar-refractivity contribution < 1.29 is 19.1 Å². The van der Waals surface area contributed by atoms with E-state index < -0.39 is 12.0 Å². The molecule has 0 radical (unpaired) electrons. The lowest BCUT2D eigenvalue weighted by Gasteiger charge is -2.37. The Morgan fingerprint density at radius 2 is 2.03 bits per heavy atom. The predicted octanol–water partition coefficient (Wildman–Crippen LogP) is 2.96. The van der Waals surface area contributed by atoms with Crippen LogP contribution in [0.15, 0.2) is 47.7 Å². The Kier molecular flexibility index (Phi) is 6.79. The fourth-order valence-corrected chi connectivity index (χ4v) is 4.53. The molecule has 2 heterocycles. The van der Waals surface area contributed by atoms with E-state index in [0.717, 1.165) is 30.4 Å². The molecule has 1 saturated carbocycles. The number of carboxylic acids is 1. The summed E-state index contributed by atoms with van der Waals surface area (Å²) >= 11 is 4.75. The van der Waals surface area contributed by atoms with E-state index in [-0.39, 0.29) is 29.2 Å². The van der Waals surface area contributed by atoms with Crippen molar-refractivity contribution in [1.82, 2.24) is 15.3 Å². The summed E-state index contributed by atoms with van der Waals surface area (Å²) in [5, 5.41) is 10.8. The summed E-state index contributed by atoms with van der Waals surface area (Å²) in [4.78, 5) is 26.0. The molecule has 2 fully saturated rings. The van der Waals surface area contributed by atoms with Crippen LogP contribution in [0.5, 0.6) is 0 Å². The number of hydrogen-bond acceptors (Lipinski definition) is 6. The molecule has 0 aromatic heterocycles. The van der Waals surface area contributed by atoms with Gasteiger partial charge in [0.25, 0.3) is 0 Å². The van der Waals surface area contributed by atoms with Crippen LogP contribution in [-0.4, -0.2) is 58.2 Å². The Morgan fingerprint density at radius 3 is 2.74 bits per heavy atom. The minimum atomic E-state index is -0.827. The first-order valence-electron chi connectivity index (χ1n) is 10.7. The maximum absolute atomic E-state index is 14.6. The lowest BCUT2D eigenvalue weighted by molar-refractivity contribution is -0.137. The van der Waals surface area contributed by atoms with Crippen molar-refractivity contribution in [1.29, 1.82) is 0 Å². The zero-order valence-electron chi connectivity index (χ0n) is 17.3. The van der Waals surface area contributed by atoms with Crippen LogP contribution in [-0.2, 0) is 9.59 Å². The van der Waals surface area contributed by atoms with E-state index in [1.165, 1.54) is 6.07 Å². The zero-order valence-corrected chi connectivity index (χ0v) is 18.2. The van der Waals surface area contributed by atoms with E-state index in [0.29, 0.717) is 31.7 Å². The summed E-state index contributed by atoms with van der Waals surface area (Å²) < 4.78 is 14.6. The second-order valence-corrected chi connectivity index (χ2v) is 9.13. The summed E-state index contributed by atoms with van der Waals surface area (Å²) in [6.45, 7) is 2.26. The number of Topliss-reactive ketones (excluding diaryl/α,β-unsaturated/α-hetero) is 1. The Morgan fingerprint density at radius 1 is 1.26 bits per heavy atom. The van der Waals surface area contributed by atoms with E-state index in [4.69, 9.17) is 17.7 Å². The van der Waals surface area contributed by atoms with Gasteiger partial charge >= 0.3 is 5.97 Å². The molecule has 6 nitrogen and oxygen atoms in total. The largest absolute Gasteiger partial charge is 0.481 e. The molecule has 8 heteroatoms. The molecule has 0 bridgehead atoms. The van der Waals surface area contributed by atoms with E-state index in [2.05, 4.69) is 16.4 Å². The van der Waals surface area contributed by atoms with Gasteiger partial charge in [-0.1, -0.05) is 24.3 Å². The van der Waals surface area contributed by atoms with E-state index in [9.17, 15) is 14.0 Å². The smallest absolute Gasteiger partial charge is 0.304 e. The van der Waals surface area contributed by atoms with Crippen molar-refractivity contribution in [2.24, 2.45) is 5.92 Å². The van der Waals surface area contributed by atoms with Crippen LogP contribution in [0.2, 0.25) is 0 Å². The predicted molar refractivity (Wildman–Crippen MR) is 119 cm³/mol. The Hall–Kier alpha value is -2.16. The third-order valence-corrected chi connectivity index (χ3v) is 6.68. The number of carboxylic acid groups (broad SMARTS) is 1. The molecule has 1 aromatic rings.